The van der Waals surface area contributed by atoms with Crippen molar-refractivity contribution < 1.29 is 19.5 Å². The van der Waals surface area contributed by atoms with Gasteiger partial charge in [0.1, 0.15) is 0 Å². The Balaban J connectivity index is 1.86. The van der Waals surface area contributed by atoms with Gasteiger partial charge >= 0.3 is 5.97 Å². The lowest BCUT2D eigenvalue weighted by atomic mass is 9.86. The van der Waals surface area contributed by atoms with Crippen LogP contribution < -0.4 is 4.90 Å². The van der Waals surface area contributed by atoms with E-state index in [-0.39, 0.29) is 24.2 Å². The number of hydrogen-bond donors (Lipinski definition) is 1. The lowest BCUT2D eigenvalue weighted by molar-refractivity contribution is -0.131. The van der Waals surface area contributed by atoms with Gasteiger partial charge in [0, 0.05) is 12.5 Å². The first-order valence-corrected chi connectivity index (χ1v) is 8.40. The molecule has 1 aliphatic rings. The molecule has 2 aromatic carbocycles. The normalized spacial score (nSPS) is 18.5. The molecule has 5 nitrogen and oxygen atoms in total. The lowest BCUT2D eigenvalue weighted by Gasteiger charge is -2.19. The van der Waals surface area contributed by atoms with Crippen molar-refractivity contribution in [2.45, 2.75) is 19.3 Å². The Morgan fingerprint density at radius 1 is 1.15 bits per heavy atom. The van der Waals surface area contributed by atoms with Crippen LogP contribution in [0.2, 0.25) is 0 Å². The van der Waals surface area contributed by atoms with Crippen molar-refractivity contribution in [2.24, 2.45) is 5.92 Å². The standard InChI is InChI=1S/C21H19NO4/c1-14(16-7-3-2-4-8-16)18-13-19(23)22(21(18)26)17-9-5-6-15(12-17)10-11-20(24)25/h2-12,14,18H,13H2,1H3,(H,24,25)/b11-10+/t14-,18-/m0/s1. The highest BCUT2D eigenvalue weighted by Crippen LogP contribution is 2.36. The van der Waals surface area contributed by atoms with E-state index in [0.29, 0.717) is 11.3 Å². The van der Waals surface area contributed by atoms with Gasteiger partial charge in [-0.05, 0) is 35.3 Å². The molecule has 2 aromatic rings. The first-order chi connectivity index (χ1) is 12.5. The van der Waals surface area contributed by atoms with Crippen molar-refractivity contribution in [2.75, 3.05) is 4.90 Å². The van der Waals surface area contributed by atoms with E-state index in [4.69, 9.17) is 5.11 Å². The number of imide groups is 1. The molecule has 0 saturated carbocycles. The van der Waals surface area contributed by atoms with Gasteiger partial charge in [0.25, 0.3) is 0 Å². The zero-order chi connectivity index (χ0) is 18.7. The summed E-state index contributed by atoms with van der Waals surface area (Å²) in [4.78, 5) is 37.3. The Morgan fingerprint density at radius 3 is 2.58 bits per heavy atom. The van der Waals surface area contributed by atoms with Crippen LogP contribution in [0.1, 0.15) is 30.4 Å². The molecule has 0 bridgehead atoms. The van der Waals surface area contributed by atoms with E-state index in [2.05, 4.69) is 0 Å². The first-order valence-electron chi connectivity index (χ1n) is 8.40. The number of nitrogens with zero attached hydrogens (tertiary/aromatic N) is 1. The van der Waals surface area contributed by atoms with Crippen molar-refractivity contribution >= 4 is 29.5 Å². The second-order valence-corrected chi connectivity index (χ2v) is 6.34. The predicted octanol–water partition coefficient (Wildman–Crippen LogP) is 3.47. The largest absolute Gasteiger partial charge is 0.478 e. The predicted molar refractivity (Wildman–Crippen MR) is 98.6 cm³/mol. The number of aliphatic carboxylic acids is 1. The van der Waals surface area contributed by atoms with Crippen molar-refractivity contribution in [3.05, 3.63) is 71.8 Å². The number of amides is 2. The molecule has 132 valence electrons. The van der Waals surface area contributed by atoms with Gasteiger partial charge in [0.15, 0.2) is 0 Å². The van der Waals surface area contributed by atoms with E-state index in [1.54, 1.807) is 24.3 Å². The average molecular weight is 349 g/mol. The molecule has 1 fully saturated rings. The van der Waals surface area contributed by atoms with E-state index in [1.165, 1.54) is 11.0 Å². The Labute approximate surface area is 151 Å². The summed E-state index contributed by atoms with van der Waals surface area (Å²) in [7, 11) is 0. The summed E-state index contributed by atoms with van der Waals surface area (Å²) in [6.45, 7) is 1.96. The third-order valence-corrected chi connectivity index (χ3v) is 4.66. The Hall–Kier alpha value is -3.21. The monoisotopic (exact) mass is 349 g/mol. The molecule has 0 aliphatic carbocycles. The molecule has 26 heavy (non-hydrogen) atoms. The Bertz CT molecular complexity index is 873. The van der Waals surface area contributed by atoms with Crippen LogP contribution in [0, 0.1) is 5.92 Å². The van der Waals surface area contributed by atoms with Crippen molar-refractivity contribution in [1.29, 1.82) is 0 Å². The van der Waals surface area contributed by atoms with Gasteiger partial charge in [-0.3, -0.25) is 14.5 Å². The number of carbonyl (C=O) groups excluding carboxylic acids is 2. The van der Waals surface area contributed by atoms with Gasteiger partial charge < -0.3 is 5.11 Å². The highest BCUT2D eigenvalue weighted by Gasteiger charge is 2.42. The zero-order valence-corrected chi connectivity index (χ0v) is 14.3. The van der Waals surface area contributed by atoms with E-state index in [9.17, 15) is 14.4 Å². The summed E-state index contributed by atoms with van der Waals surface area (Å²) in [6, 6.07) is 16.4. The molecule has 0 spiro atoms. The van der Waals surface area contributed by atoms with Crippen molar-refractivity contribution in [3.8, 4) is 0 Å². The molecule has 1 aliphatic heterocycles. The van der Waals surface area contributed by atoms with Crippen molar-refractivity contribution in [1.82, 2.24) is 0 Å². The number of hydrogen-bond acceptors (Lipinski definition) is 3. The van der Waals surface area contributed by atoms with Gasteiger partial charge in [-0.25, -0.2) is 4.79 Å². The number of rotatable bonds is 5. The van der Waals surface area contributed by atoms with Crippen LogP contribution in [-0.4, -0.2) is 22.9 Å². The van der Waals surface area contributed by atoms with Crippen LogP contribution in [-0.2, 0) is 14.4 Å². The maximum absolute atomic E-state index is 12.9. The van der Waals surface area contributed by atoms with E-state index in [0.717, 1.165) is 11.6 Å². The summed E-state index contributed by atoms with van der Waals surface area (Å²) in [5.74, 6) is -1.97. The molecule has 1 N–H and O–H groups in total. The zero-order valence-electron chi connectivity index (χ0n) is 14.3. The minimum Gasteiger partial charge on any atom is -0.478 e. The van der Waals surface area contributed by atoms with Crippen LogP contribution in [0.15, 0.2) is 60.7 Å². The van der Waals surface area contributed by atoms with E-state index < -0.39 is 11.9 Å². The van der Waals surface area contributed by atoms with E-state index in [1.807, 2.05) is 37.3 Å². The maximum atomic E-state index is 12.9. The fraction of sp³-hybridized carbons (Fsp3) is 0.190. The summed E-state index contributed by atoms with van der Waals surface area (Å²) in [5.41, 5.74) is 2.11. The molecular formula is C21H19NO4. The van der Waals surface area contributed by atoms with Gasteiger partial charge in [0.2, 0.25) is 11.8 Å². The highest BCUT2D eigenvalue weighted by atomic mass is 16.4. The van der Waals surface area contributed by atoms with Crippen molar-refractivity contribution in [3.63, 3.8) is 0 Å². The molecule has 2 atom stereocenters. The van der Waals surface area contributed by atoms with E-state index >= 15 is 0 Å². The first kappa shape index (κ1) is 17.6. The summed E-state index contributed by atoms with van der Waals surface area (Å²) in [5, 5.41) is 8.74. The number of benzene rings is 2. The fourth-order valence-corrected chi connectivity index (χ4v) is 3.24. The SMILES string of the molecule is C[C@@H](c1ccccc1)[C@@H]1CC(=O)N(c2cccc(/C=C/C(=O)O)c2)C1=O. The lowest BCUT2D eigenvalue weighted by Crippen LogP contribution is -2.31. The van der Waals surface area contributed by atoms with Crippen LogP contribution in [0.25, 0.3) is 6.08 Å². The number of carbonyl (C=O) groups is 3. The minimum absolute atomic E-state index is 0.0623. The smallest absolute Gasteiger partial charge is 0.328 e. The van der Waals surface area contributed by atoms with Gasteiger partial charge in [0.05, 0.1) is 11.6 Å². The van der Waals surface area contributed by atoms with Gasteiger partial charge in [-0.2, -0.15) is 0 Å². The third-order valence-electron chi connectivity index (χ3n) is 4.66. The minimum atomic E-state index is -1.06. The van der Waals surface area contributed by atoms with Crippen LogP contribution in [0.4, 0.5) is 5.69 Å². The van der Waals surface area contributed by atoms with Gasteiger partial charge in [-0.15, -0.1) is 0 Å². The summed E-state index contributed by atoms with van der Waals surface area (Å²) >= 11 is 0. The topological polar surface area (TPSA) is 74.7 Å². The summed E-state index contributed by atoms with van der Waals surface area (Å²) < 4.78 is 0. The third kappa shape index (κ3) is 3.57. The Morgan fingerprint density at radius 2 is 1.88 bits per heavy atom. The fourth-order valence-electron chi connectivity index (χ4n) is 3.24. The molecule has 0 aromatic heterocycles. The number of carboxylic acid groups (broad SMARTS) is 1. The molecule has 2 amide bonds. The molecular weight excluding hydrogens is 330 g/mol. The highest BCUT2D eigenvalue weighted by molar-refractivity contribution is 6.21. The molecule has 5 heteroatoms. The number of carboxylic acids is 1. The second-order valence-electron chi connectivity index (χ2n) is 6.34. The molecule has 1 saturated heterocycles. The molecule has 0 unspecified atom stereocenters. The Kier molecular flexibility index (Phi) is 4.98. The van der Waals surface area contributed by atoms with Crippen LogP contribution in [0.3, 0.4) is 0 Å². The second kappa shape index (κ2) is 7.35. The maximum Gasteiger partial charge on any atom is 0.328 e. The van der Waals surface area contributed by atoms with Crippen LogP contribution >= 0.6 is 0 Å². The van der Waals surface area contributed by atoms with Gasteiger partial charge in [-0.1, -0.05) is 49.4 Å². The molecule has 3 rings (SSSR count). The molecule has 0 radical (unpaired) electrons. The molecule has 1 heterocycles. The van der Waals surface area contributed by atoms with Crippen LogP contribution in [0.5, 0.6) is 0 Å². The summed E-state index contributed by atoms with van der Waals surface area (Å²) in [6.07, 6.45) is 2.62. The quantitative estimate of drug-likeness (QED) is 0.662. The average Bonchev–Trinajstić information content (AvgIpc) is 2.94. The number of anilines is 1.